The third-order valence-corrected chi connectivity index (χ3v) is 4.35. The van der Waals surface area contributed by atoms with Gasteiger partial charge in [0.1, 0.15) is 0 Å². The van der Waals surface area contributed by atoms with Gasteiger partial charge in [0.2, 0.25) is 0 Å². The molecule has 1 aliphatic rings. The number of benzene rings is 1. The van der Waals surface area contributed by atoms with E-state index in [1.165, 1.54) is 0 Å². The second-order valence-corrected chi connectivity index (χ2v) is 5.98. The first-order chi connectivity index (χ1) is 10.6. The topological polar surface area (TPSA) is 50.2 Å². The molecular formula is C16H20Cl2N4O. The predicted molar refractivity (Wildman–Crippen MR) is 93.8 cm³/mol. The molecule has 2 heterocycles. The molecule has 1 aliphatic heterocycles. The number of nitrogens with zero attached hydrogens (tertiary/aromatic N) is 3. The van der Waals surface area contributed by atoms with Crippen LogP contribution in [0.5, 0.6) is 0 Å². The normalized spacial score (nSPS) is 15.0. The Hall–Kier alpha value is -1.56. The maximum absolute atomic E-state index is 12.6. The van der Waals surface area contributed by atoms with E-state index in [4.69, 9.17) is 11.6 Å². The quantitative estimate of drug-likeness (QED) is 0.921. The maximum Gasteiger partial charge on any atom is 0.257 e. The van der Waals surface area contributed by atoms with Gasteiger partial charge in [-0.25, -0.2) is 4.68 Å². The van der Waals surface area contributed by atoms with Gasteiger partial charge in [0.05, 0.1) is 17.4 Å². The zero-order valence-corrected chi connectivity index (χ0v) is 14.5. The molecule has 1 saturated heterocycles. The first-order valence-corrected chi connectivity index (χ1v) is 7.81. The van der Waals surface area contributed by atoms with Crippen molar-refractivity contribution >= 4 is 29.9 Å². The van der Waals surface area contributed by atoms with Gasteiger partial charge in [-0.05, 0) is 50.2 Å². The number of piperidine rings is 1. The summed E-state index contributed by atoms with van der Waals surface area (Å²) in [5.74, 6) is 0.0205. The van der Waals surface area contributed by atoms with Crippen LogP contribution in [0.3, 0.4) is 0 Å². The lowest BCUT2D eigenvalue weighted by Crippen LogP contribution is -2.43. The average molecular weight is 355 g/mol. The summed E-state index contributed by atoms with van der Waals surface area (Å²) < 4.78 is 1.69. The van der Waals surface area contributed by atoms with E-state index >= 15 is 0 Å². The Balaban J connectivity index is 0.00000192. The molecule has 1 amide bonds. The number of carbonyl (C=O) groups excluding carboxylic acids is 1. The highest BCUT2D eigenvalue weighted by Crippen LogP contribution is 2.16. The van der Waals surface area contributed by atoms with Crippen LogP contribution in [0.4, 0.5) is 0 Å². The van der Waals surface area contributed by atoms with Crippen LogP contribution in [0.2, 0.25) is 5.02 Å². The standard InChI is InChI=1S/C16H19ClN4O.ClH/c1-20(14-6-8-18-9-7-14)16(22)12-10-19-21(11-12)15-4-2-13(17)3-5-15;/h2-5,10-11,14,18H,6-9H2,1H3;1H. The van der Waals surface area contributed by atoms with E-state index in [0.717, 1.165) is 31.6 Å². The van der Waals surface area contributed by atoms with Crippen LogP contribution in [0.15, 0.2) is 36.7 Å². The van der Waals surface area contributed by atoms with Gasteiger partial charge in [-0.15, -0.1) is 12.4 Å². The summed E-state index contributed by atoms with van der Waals surface area (Å²) in [6, 6.07) is 7.66. The Morgan fingerprint density at radius 3 is 2.61 bits per heavy atom. The highest BCUT2D eigenvalue weighted by atomic mass is 35.5. The van der Waals surface area contributed by atoms with Crippen molar-refractivity contribution in [1.82, 2.24) is 20.0 Å². The van der Waals surface area contributed by atoms with Gasteiger partial charge in [0, 0.05) is 24.3 Å². The van der Waals surface area contributed by atoms with Gasteiger partial charge in [-0.3, -0.25) is 4.79 Å². The van der Waals surface area contributed by atoms with Crippen LogP contribution in [0, 0.1) is 0 Å². The van der Waals surface area contributed by atoms with Crippen molar-refractivity contribution in [3.8, 4) is 5.69 Å². The number of hydrogen-bond acceptors (Lipinski definition) is 3. The molecule has 3 rings (SSSR count). The van der Waals surface area contributed by atoms with Crippen LogP contribution < -0.4 is 5.32 Å². The molecule has 0 radical (unpaired) electrons. The fraction of sp³-hybridized carbons (Fsp3) is 0.375. The van der Waals surface area contributed by atoms with Crippen molar-refractivity contribution in [1.29, 1.82) is 0 Å². The fourth-order valence-electron chi connectivity index (χ4n) is 2.73. The molecule has 1 fully saturated rings. The van der Waals surface area contributed by atoms with Gasteiger partial charge >= 0.3 is 0 Å². The number of halogens is 2. The van der Waals surface area contributed by atoms with Gasteiger partial charge in [0.25, 0.3) is 5.91 Å². The minimum absolute atomic E-state index is 0. The molecule has 2 aromatic rings. The minimum atomic E-state index is 0. The second-order valence-electron chi connectivity index (χ2n) is 5.55. The van der Waals surface area contributed by atoms with Crippen molar-refractivity contribution in [3.63, 3.8) is 0 Å². The Kier molecular flexibility index (Phi) is 6.04. The van der Waals surface area contributed by atoms with E-state index in [1.807, 2.05) is 24.1 Å². The van der Waals surface area contributed by atoms with Gasteiger partial charge < -0.3 is 10.2 Å². The van der Waals surface area contributed by atoms with Crippen molar-refractivity contribution in [3.05, 3.63) is 47.2 Å². The molecule has 5 nitrogen and oxygen atoms in total. The van der Waals surface area contributed by atoms with Gasteiger partial charge in [0.15, 0.2) is 0 Å². The molecule has 0 saturated carbocycles. The van der Waals surface area contributed by atoms with Crippen molar-refractivity contribution in [2.45, 2.75) is 18.9 Å². The lowest BCUT2D eigenvalue weighted by molar-refractivity contribution is 0.0703. The number of carbonyl (C=O) groups is 1. The lowest BCUT2D eigenvalue weighted by atomic mass is 10.0. The fourth-order valence-corrected chi connectivity index (χ4v) is 2.86. The van der Waals surface area contributed by atoms with E-state index in [0.29, 0.717) is 16.6 Å². The van der Waals surface area contributed by atoms with Gasteiger partial charge in [-0.1, -0.05) is 11.6 Å². The zero-order chi connectivity index (χ0) is 15.5. The van der Waals surface area contributed by atoms with Crippen molar-refractivity contribution < 1.29 is 4.79 Å². The summed E-state index contributed by atoms with van der Waals surface area (Å²) >= 11 is 5.89. The highest BCUT2D eigenvalue weighted by molar-refractivity contribution is 6.30. The molecule has 0 bridgehead atoms. The summed E-state index contributed by atoms with van der Waals surface area (Å²) in [4.78, 5) is 14.4. The zero-order valence-electron chi connectivity index (χ0n) is 12.9. The third kappa shape index (κ3) is 4.05. The van der Waals surface area contributed by atoms with E-state index in [2.05, 4.69) is 10.4 Å². The van der Waals surface area contributed by atoms with Gasteiger partial charge in [-0.2, -0.15) is 5.10 Å². The van der Waals surface area contributed by atoms with E-state index < -0.39 is 0 Å². The number of nitrogens with one attached hydrogen (secondary N) is 1. The monoisotopic (exact) mass is 354 g/mol. The van der Waals surface area contributed by atoms with Crippen molar-refractivity contribution in [2.75, 3.05) is 20.1 Å². The molecule has 7 heteroatoms. The molecule has 0 spiro atoms. The number of amides is 1. The summed E-state index contributed by atoms with van der Waals surface area (Å²) in [5, 5.41) is 8.27. The molecule has 0 unspecified atom stereocenters. The van der Waals surface area contributed by atoms with Crippen LogP contribution in [-0.4, -0.2) is 46.8 Å². The molecule has 1 aromatic heterocycles. The average Bonchev–Trinajstić information content (AvgIpc) is 3.05. The smallest absolute Gasteiger partial charge is 0.257 e. The summed E-state index contributed by atoms with van der Waals surface area (Å²) in [6.45, 7) is 1.93. The second kappa shape index (κ2) is 7.81. The predicted octanol–water partition coefficient (Wildman–Crippen LogP) is 2.77. The van der Waals surface area contributed by atoms with Crippen LogP contribution in [-0.2, 0) is 0 Å². The Labute approximate surface area is 147 Å². The highest BCUT2D eigenvalue weighted by Gasteiger charge is 2.23. The molecule has 23 heavy (non-hydrogen) atoms. The molecule has 0 atom stereocenters. The number of hydrogen-bond donors (Lipinski definition) is 1. The first kappa shape index (κ1) is 17.8. The molecule has 0 aliphatic carbocycles. The Morgan fingerprint density at radius 1 is 1.30 bits per heavy atom. The summed E-state index contributed by atoms with van der Waals surface area (Å²) in [5.41, 5.74) is 1.49. The summed E-state index contributed by atoms with van der Waals surface area (Å²) in [6.07, 6.45) is 5.37. The number of aromatic nitrogens is 2. The van der Waals surface area contributed by atoms with E-state index in [1.54, 1.807) is 29.2 Å². The third-order valence-electron chi connectivity index (χ3n) is 4.10. The molecular weight excluding hydrogens is 335 g/mol. The maximum atomic E-state index is 12.6. The van der Waals surface area contributed by atoms with E-state index in [-0.39, 0.29) is 18.3 Å². The molecule has 124 valence electrons. The largest absolute Gasteiger partial charge is 0.339 e. The molecule has 1 aromatic carbocycles. The van der Waals surface area contributed by atoms with E-state index in [9.17, 15) is 4.79 Å². The Morgan fingerprint density at radius 2 is 1.96 bits per heavy atom. The lowest BCUT2D eigenvalue weighted by Gasteiger charge is -2.31. The summed E-state index contributed by atoms with van der Waals surface area (Å²) in [7, 11) is 1.87. The van der Waals surface area contributed by atoms with Crippen LogP contribution in [0.25, 0.3) is 5.69 Å². The van der Waals surface area contributed by atoms with Crippen LogP contribution in [0.1, 0.15) is 23.2 Å². The number of rotatable bonds is 3. The first-order valence-electron chi connectivity index (χ1n) is 7.43. The Bertz CT molecular complexity index is 650. The SMILES string of the molecule is CN(C(=O)c1cnn(-c2ccc(Cl)cc2)c1)C1CCNCC1.Cl. The van der Waals surface area contributed by atoms with Crippen molar-refractivity contribution in [2.24, 2.45) is 0 Å². The van der Waals surface area contributed by atoms with Crippen LogP contribution >= 0.6 is 24.0 Å². The minimum Gasteiger partial charge on any atom is -0.339 e. The molecule has 1 N–H and O–H groups in total.